The van der Waals surface area contributed by atoms with E-state index in [1.165, 1.54) is 6.07 Å². The summed E-state index contributed by atoms with van der Waals surface area (Å²) in [5, 5.41) is 38.8. The third kappa shape index (κ3) is 4.47. The zero-order valence-corrected chi connectivity index (χ0v) is 24.2. The Morgan fingerprint density at radius 1 is 1.23 bits per heavy atom. The molecule has 0 saturated carbocycles. The first-order valence-electron chi connectivity index (χ1n) is 14.8. The van der Waals surface area contributed by atoms with Crippen molar-refractivity contribution in [1.82, 2.24) is 29.4 Å². The molecule has 3 aliphatic heterocycles. The van der Waals surface area contributed by atoms with Crippen LogP contribution in [-0.2, 0) is 36.6 Å². The molecule has 3 aliphatic rings. The van der Waals surface area contributed by atoms with Gasteiger partial charge in [-0.1, -0.05) is 12.1 Å². The van der Waals surface area contributed by atoms with Crippen LogP contribution in [0, 0.1) is 24.1 Å². The van der Waals surface area contributed by atoms with E-state index in [4.69, 9.17) is 15.1 Å². The van der Waals surface area contributed by atoms with Crippen LogP contribution < -0.4 is 5.56 Å². The fourth-order valence-electron chi connectivity index (χ4n) is 6.83. The summed E-state index contributed by atoms with van der Waals surface area (Å²) in [7, 11) is 0. The van der Waals surface area contributed by atoms with Gasteiger partial charge < -0.3 is 19.5 Å². The molecule has 0 amide bonds. The van der Waals surface area contributed by atoms with Crippen LogP contribution in [0.15, 0.2) is 29.2 Å². The van der Waals surface area contributed by atoms with E-state index in [0.717, 1.165) is 48.1 Å². The number of nitrogens with one attached hydrogen (secondary N) is 1. The molecule has 1 saturated heterocycles. The second kappa shape index (κ2) is 10.3. The van der Waals surface area contributed by atoms with Gasteiger partial charge in [0, 0.05) is 42.3 Å². The van der Waals surface area contributed by atoms with Crippen molar-refractivity contribution < 1.29 is 19.3 Å². The van der Waals surface area contributed by atoms with E-state index in [1.54, 1.807) is 35.2 Å². The van der Waals surface area contributed by atoms with Gasteiger partial charge in [0.15, 0.2) is 5.60 Å². The molecule has 3 aromatic heterocycles. The van der Waals surface area contributed by atoms with Crippen molar-refractivity contribution >= 4 is 16.8 Å². The van der Waals surface area contributed by atoms with Gasteiger partial charge in [-0.3, -0.25) is 15.1 Å². The number of hydrogen-bond acceptors (Lipinski definition) is 9. The molecule has 224 valence electrons. The second-order valence-electron chi connectivity index (χ2n) is 12.0. The molecule has 1 aromatic carbocycles. The number of aliphatic hydroxyl groups excluding tert-OH is 1. The number of rotatable bonds is 6. The Labute approximate surface area is 247 Å². The number of hydrogen-bond donors (Lipinski definition) is 3. The Kier molecular flexibility index (Phi) is 6.67. The minimum atomic E-state index is -1.71. The Balaban J connectivity index is 1.32. The first kappa shape index (κ1) is 27.8. The molecule has 0 bridgehead atoms. The largest absolute Gasteiger partial charge is 0.474 e. The van der Waals surface area contributed by atoms with E-state index in [0.29, 0.717) is 46.7 Å². The summed E-state index contributed by atoms with van der Waals surface area (Å²) in [6, 6.07) is 4.94. The van der Waals surface area contributed by atoms with E-state index in [1.807, 2.05) is 6.20 Å². The highest BCUT2D eigenvalue weighted by Gasteiger charge is 2.43. The average molecular weight is 588 g/mol. The van der Waals surface area contributed by atoms with Gasteiger partial charge in [0.1, 0.15) is 12.4 Å². The third-order valence-electron chi connectivity index (χ3n) is 9.29. The maximum Gasteiger partial charge on any atom is 0.258 e. The number of halogens is 1. The fraction of sp³-hybridized carbons (Fsp3) is 0.452. The van der Waals surface area contributed by atoms with E-state index in [9.17, 15) is 19.4 Å². The highest BCUT2D eigenvalue weighted by molar-refractivity contribution is 5.90. The monoisotopic (exact) mass is 587 g/mol. The Hall–Kier alpha value is -4.00. The summed E-state index contributed by atoms with van der Waals surface area (Å²) in [4.78, 5) is 20.9. The summed E-state index contributed by atoms with van der Waals surface area (Å²) in [6.07, 6.45) is 4.15. The summed E-state index contributed by atoms with van der Waals surface area (Å²) in [6.45, 7) is 6.56. The summed E-state index contributed by atoms with van der Waals surface area (Å²) in [5.41, 5.74) is 3.21. The predicted octanol–water partition coefficient (Wildman–Crippen LogP) is 2.82. The molecule has 1 unspecified atom stereocenters. The molecule has 6 heterocycles. The van der Waals surface area contributed by atoms with Crippen LogP contribution >= 0.6 is 0 Å². The van der Waals surface area contributed by atoms with Gasteiger partial charge >= 0.3 is 0 Å². The van der Waals surface area contributed by atoms with Crippen LogP contribution in [0.1, 0.15) is 59.7 Å². The Bertz CT molecular complexity index is 1850. The molecule has 11 nitrogen and oxygen atoms in total. The first-order chi connectivity index (χ1) is 20.7. The lowest BCUT2D eigenvalue weighted by Crippen LogP contribution is -2.44. The van der Waals surface area contributed by atoms with E-state index >= 15 is 0 Å². The third-order valence-corrected chi connectivity index (χ3v) is 9.29. The van der Waals surface area contributed by atoms with Crippen LogP contribution in [0.4, 0.5) is 4.39 Å². The lowest BCUT2D eigenvalue weighted by Gasteiger charge is -2.33. The summed E-state index contributed by atoms with van der Waals surface area (Å²) < 4.78 is 23.6. The number of aliphatic hydroxyl groups is 2. The maximum absolute atomic E-state index is 14.8. The van der Waals surface area contributed by atoms with Gasteiger partial charge in [-0.25, -0.2) is 14.1 Å². The fourth-order valence-corrected chi connectivity index (χ4v) is 6.83. The summed E-state index contributed by atoms with van der Waals surface area (Å²) in [5.74, 6) is -0.379. The molecule has 3 N–H and O–H groups in total. The highest BCUT2D eigenvalue weighted by Crippen LogP contribution is 2.40. The zero-order valence-electron chi connectivity index (χ0n) is 24.2. The number of aryl methyl sites for hydroxylation is 1. The maximum atomic E-state index is 14.8. The minimum absolute atomic E-state index is 0.0869. The molecular weight excluding hydrogens is 553 g/mol. The molecule has 43 heavy (non-hydrogen) atoms. The van der Waals surface area contributed by atoms with E-state index in [-0.39, 0.29) is 49.4 Å². The quantitative estimate of drug-likeness (QED) is 0.275. The Morgan fingerprint density at radius 2 is 2.07 bits per heavy atom. The molecule has 12 heteroatoms. The van der Waals surface area contributed by atoms with Crippen molar-refractivity contribution in [2.75, 3.05) is 19.7 Å². The van der Waals surface area contributed by atoms with Crippen molar-refractivity contribution in [3.05, 3.63) is 74.1 Å². The smallest absolute Gasteiger partial charge is 0.258 e. The van der Waals surface area contributed by atoms with Gasteiger partial charge in [-0.15, -0.1) is 5.10 Å². The Morgan fingerprint density at radius 3 is 2.86 bits per heavy atom. The highest BCUT2D eigenvalue weighted by atomic mass is 19.1. The standard InChI is InChI=1S/C31H34FN7O4/c1-3-31(42)24-8-27-28-22(14-39(27)29(41)23(24)16-43-30(31)33)21(20-7-17(2)25(32)9-26(20)34-28)13-38-12-19(35-36-38)11-37-6-4-5-18(10-37)15-40/h7-9,12,18,33,40,42H,3-6,10-11,13-16H2,1-2H3/t18?,31-/m0/s1. The van der Waals surface area contributed by atoms with Crippen molar-refractivity contribution in [3.8, 4) is 11.4 Å². The minimum Gasteiger partial charge on any atom is -0.474 e. The van der Waals surface area contributed by atoms with Gasteiger partial charge in [-0.05, 0) is 61.9 Å². The van der Waals surface area contributed by atoms with Crippen molar-refractivity contribution in [3.63, 3.8) is 0 Å². The van der Waals surface area contributed by atoms with Gasteiger partial charge in [0.2, 0.25) is 5.90 Å². The van der Waals surface area contributed by atoms with Crippen LogP contribution in [0.5, 0.6) is 0 Å². The van der Waals surface area contributed by atoms with Crippen molar-refractivity contribution in [2.24, 2.45) is 5.92 Å². The normalized spacial score (nSPS) is 21.5. The van der Waals surface area contributed by atoms with Crippen LogP contribution in [0.3, 0.4) is 0 Å². The number of ether oxygens (including phenoxy) is 1. The van der Waals surface area contributed by atoms with Gasteiger partial charge in [0.05, 0.1) is 47.4 Å². The average Bonchev–Trinajstić information content (AvgIpc) is 3.60. The van der Waals surface area contributed by atoms with E-state index < -0.39 is 5.60 Å². The number of fused-ring (bicyclic) bond motifs is 5. The number of benzene rings is 1. The van der Waals surface area contributed by atoms with Gasteiger partial charge in [-0.2, -0.15) is 0 Å². The number of pyridine rings is 2. The molecule has 2 atom stereocenters. The molecular formula is C31H34FN7O4. The number of aromatic nitrogens is 5. The molecule has 4 aromatic rings. The first-order valence-corrected chi connectivity index (χ1v) is 14.8. The molecule has 0 spiro atoms. The van der Waals surface area contributed by atoms with Gasteiger partial charge in [0.25, 0.3) is 5.56 Å². The topological polar surface area (TPSA) is 142 Å². The van der Waals surface area contributed by atoms with Crippen LogP contribution in [0.2, 0.25) is 0 Å². The van der Waals surface area contributed by atoms with Crippen LogP contribution in [-0.4, -0.2) is 65.3 Å². The number of piperidine rings is 1. The predicted molar refractivity (Wildman–Crippen MR) is 156 cm³/mol. The van der Waals surface area contributed by atoms with E-state index in [2.05, 4.69) is 15.2 Å². The van der Waals surface area contributed by atoms with Crippen molar-refractivity contribution in [1.29, 1.82) is 5.41 Å². The summed E-state index contributed by atoms with van der Waals surface area (Å²) >= 11 is 0. The molecule has 0 radical (unpaired) electrons. The lowest BCUT2D eigenvalue weighted by atomic mass is 9.85. The molecule has 7 rings (SSSR count). The molecule has 1 fully saturated rings. The molecule has 0 aliphatic carbocycles. The zero-order chi connectivity index (χ0) is 30.0. The SMILES string of the molecule is CC[C@@]1(O)C(=N)OCc2c1cc1n(c2=O)Cc2c-1nc1cc(F)c(C)cc1c2Cn1cc(CN2CCCC(CO)C2)nn1. The second-order valence-corrected chi connectivity index (χ2v) is 12.0. The van der Waals surface area contributed by atoms with Crippen LogP contribution in [0.25, 0.3) is 22.3 Å². The number of likely N-dealkylation sites (tertiary alicyclic amines) is 1. The van der Waals surface area contributed by atoms with Crippen molar-refractivity contribution in [2.45, 2.75) is 65.0 Å². The lowest BCUT2D eigenvalue weighted by molar-refractivity contribution is 0.0529. The number of nitrogens with zero attached hydrogens (tertiary/aromatic N) is 6.